The SMILES string of the molecule is COc1ccc([C@@H]2C[C@H](C(F)(F)F)n3nc(C(=O)N4CC[C@@H](C)C[C@H]4C)cc3N2)cc1OC. The summed E-state index contributed by atoms with van der Waals surface area (Å²) < 4.78 is 53.5. The van der Waals surface area contributed by atoms with Gasteiger partial charge in [0, 0.05) is 25.1 Å². The maximum atomic E-state index is 14.0. The van der Waals surface area contributed by atoms with Gasteiger partial charge in [0.15, 0.2) is 23.2 Å². The van der Waals surface area contributed by atoms with Crippen LogP contribution in [0.15, 0.2) is 24.3 Å². The van der Waals surface area contributed by atoms with E-state index in [-0.39, 0.29) is 29.9 Å². The van der Waals surface area contributed by atoms with Gasteiger partial charge in [-0.15, -0.1) is 0 Å². The van der Waals surface area contributed by atoms with Gasteiger partial charge in [-0.25, -0.2) is 4.68 Å². The summed E-state index contributed by atoms with van der Waals surface area (Å²) in [5.74, 6) is 1.28. The van der Waals surface area contributed by atoms with Crippen LogP contribution in [0.2, 0.25) is 0 Å². The monoisotopic (exact) mass is 466 g/mol. The number of ether oxygens (including phenoxy) is 2. The first-order valence-corrected chi connectivity index (χ1v) is 11.1. The van der Waals surface area contributed by atoms with Gasteiger partial charge in [0.05, 0.1) is 20.3 Å². The van der Waals surface area contributed by atoms with E-state index in [4.69, 9.17) is 9.47 Å². The molecule has 33 heavy (non-hydrogen) atoms. The highest BCUT2D eigenvalue weighted by Gasteiger charge is 2.47. The predicted octanol–water partition coefficient (Wildman–Crippen LogP) is 4.82. The Morgan fingerprint density at radius 3 is 2.48 bits per heavy atom. The summed E-state index contributed by atoms with van der Waals surface area (Å²) in [7, 11) is 2.97. The van der Waals surface area contributed by atoms with Crippen molar-refractivity contribution in [3.05, 3.63) is 35.5 Å². The number of carbonyl (C=O) groups excluding carboxylic acids is 1. The molecule has 2 aliphatic heterocycles. The van der Waals surface area contributed by atoms with Gasteiger partial charge in [-0.2, -0.15) is 18.3 Å². The third-order valence-electron chi connectivity index (χ3n) is 6.62. The third kappa shape index (κ3) is 4.47. The second-order valence-electron chi connectivity index (χ2n) is 8.94. The lowest BCUT2D eigenvalue weighted by Crippen LogP contribution is -2.44. The zero-order chi connectivity index (χ0) is 23.9. The number of amides is 1. The number of methoxy groups -OCH3 is 2. The number of benzene rings is 1. The van der Waals surface area contributed by atoms with Gasteiger partial charge >= 0.3 is 6.18 Å². The molecule has 1 amide bonds. The van der Waals surface area contributed by atoms with Crippen molar-refractivity contribution < 1.29 is 27.4 Å². The van der Waals surface area contributed by atoms with E-state index in [1.54, 1.807) is 23.1 Å². The molecular weight excluding hydrogens is 437 g/mol. The van der Waals surface area contributed by atoms with Gasteiger partial charge in [0.1, 0.15) is 5.82 Å². The van der Waals surface area contributed by atoms with Crippen LogP contribution in [0.3, 0.4) is 0 Å². The zero-order valence-corrected chi connectivity index (χ0v) is 19.1. The standard InChI is InChI=1S/C23H29F3N4O3/c1-13-7-8-29(14(2)9-13)22(31)17-12-21-27-16(11-20(23(24,25)26)30(21)28-17)15-5-6-18(32-3)19(10-15)33-4/h5-6,10,12-14,16,20,27H,7-9,11H2,1-4H3/t13-,14-,16+,20-/m1/s1. The molecule has 4 rings (SSSR count). The Kier molecular flexibility index (Phi) is 6.20. The Hall–Kier alpha value is -2.91. The number of hydrogen-bond acceptors (Lipinski definition) is 5. The Labute approximate surface area is 190 Å². The predicted molar refractivity (Wildman–Crippen MR) is 117 cm³/mol. The fourth-order valence-corrected chi connectivity index (χ4v) is 4.82. The van der Waals surface area contributed by atoms with Gasteiger partial charge in [0.2, 0.25) is 0 Å². The van der Waals surface area contributed by atoms with Crippen LogP contribution in [0.5, 0.6) is 11.5 Å². The number of fused-ring (bicyclic) bond motifs is 1. The molecule has 0 spiro atoms. The van der Waals surface area contributed by atoms with Crippen molar-refractivity contribution in [2.75, 3.05) is 26.1 Å². The summed E-state index contributed by atoms with van der Waals surface area (Å²) >= 11 is 0. The Morgan fingerprint density at radius 2 is 1.85 bits per heavy atom. The fraction of sp³-hybridized carbons (Fsp3) is 0.565. The van der Waals surface area contributed by atoms with Crippen molar-refractivity contribution in [1.82, 2.24) is 14.7 Å². The normalized spacial score (nSPS) is 25.2. The Bertz CT molecular complexity index is 1020. The highest BCUT2D eigenvalue weighted by Crippen LogP contribution is 2.44. The number of nitrogens with one attached hydrogen (secondary N) is 1. The van der Waals surface area contributed by atoms with Crippen LogP contribution in [-0.2, 0) is 0 Å². The van der Waals surface area contributed by atoms with Crippen LogP contribution in [-0.4, -0.2) is 53.6 Å². The van der Waals surface area contributed by atoms with E-state index < -0.39 is 18.3 Å². The lowest BCUT2D eigenvalue weighted by molar-refractivity contribution is -0.173. The molecule has 0 radical (unpaired) electrons. The molecule has 1 aromatic carbocycles. The summed E-state index contributed by atoms with van der Waals surface area (Å²) in [6.07, 6.45) is -3.05. The molecule has 0 saturated carbocycles. The summed E-state index contributed by atoms with van der Waals surface area (Å²) in [5, 5.41) is 7.25. The number of nitrogens with zero attached hydrogens (tertiary/aromatic N) is 3. The van der Waals surface area contributed by atoms with E-state index in [0.29, 0.717) is 29.5 Å². The van der Waals surface area contributed by atoms with Crippen LogP contribution < -0.4 is 14.8 Å². The van der Waals surface area contributed by atoms with Crippen molar-refractivity contribution in [2.24, 2.45) is 5.92 Å². The van der Waals surface area contributed by atoms with Crippen molar-refractivity contribution in [1.29, 1.82) is 0 Å². The summed E-state index contributed by atoms with van der Waals surface area (Å²) in [6, 6.07) is 3.99. The van der Waals surface area contributed by atoms with Gasteiger partial charge in [-0.05, 0) is 43.4 Å². The van der Waals surface area contributed by atoms with Crippen LogP contribution in [0.1, 0.15) is 61.2 Å². The maximum absolute atomic E-state index is 14.0. The topological polar surface area (TPSA) is 68.6 Å². The summed E-state index contributed by atoms with van der Waals surface area (Å²) in [5.41, 5.74) is 0.655. The largest absolute Gasteiger partial charge is 0.493 e. The first-order chi connectivity index (χ1) is 15.6. The molecule has 0 unspecified atom stereocenters. The second kappa shape index (κ2) is 8.79. The van der Waals surface area contributed by atoms with Gasteiger partial charge in [-0.3, -0.25) is 4.79 Å². The summed E-state index contributed by atoms with van der Waals surface area (Å²) in [4.78, 5) is 14.8. The first-order valence-electron chi connectivity index (χ1n) is 11.1. The quantitative estimate of drug-likeness (QED) is 0.700. The number of halogens is 3. The van der Waals surface area contributed by atoms with E-state index in [1.165, 1.54) is 20.3 Å². The van der Waals surface area contributed by atoms with Crippen LogP contribution >= 0.6 is 0 Å². The molecule has 1 N–H and O–H groups in total. The van der Waals surface area contributed by atoms with Crippen molar-refractivity contribution in [3.63, 3.8) is 0 Å². The highest BCUT2D eigenvalue weighted by molar-refractivity contribution is 5.93. The van der Waals surface area contributed by atoms with E-state index in [1.807, 2.05) is 6.92 Å². The Morgan fingerprint density at radius 1 is 1.12 bits per heavy atom. The lowest BCUT2D eigenvalue weighted by atomic mass is 9.93. The second-order valence-corrected chi connectivity index (χ2v) is 8.94. The number of aromatic nitrogens is 2. The summed E-state index contributed by atoms with van der Waals surface area (Å²) in [6.45, 7) is 4.68. The molecule has 10 heteroatoms. The molecule has 0 aliphatic carbocycles. The molecule has 2 aliphatic rings. The molecule has 180 valence electrons. The molecule has 1 saturated heterocycles. The van der Waals surface area contributed by atoms with Crippen molar-refractivity contribution >= 4 is 11.7 Å². The van der Waals surface area contributed by atoms with Gasteiger partial charge in [-0.1, -0.05) is 13.0 Å². The molecule has 7 nitrogen and oxygen atoms in total. The first kappa shape index (κ1) is 23.3. The number of hydrogen-bond donors (Lipinski definition) is 1. The molecule has 3 heterocycles. The third-order valence-corrected chi connectivity index (χ3v) is 6.62. The fourth-order valence-electron chi connectivity index (χ4n) is 4.82. The van der Waals surface area contributed by atoms with E-state index in [9.17, 15) is 18.0 Å². The minimum Gasteiger partial charge on any atom is -0.493 e. The van der Waals surface area contributed by atoms with Crippen molar-refractivity contribution in [2.45, 2.75) is 57.4 Å². The molecule has 4 atom stereocenters. The van der Waals surface area contributed by atoms with Crippen LogP contribution in [0.25, 0.3) is 0 Å². The number of carbonyl (C=O) groups is 1. The number of anilines is 1. The maximum Gasteiger partial charge on any atom is 0.410 e. The molecule has 1 fully saturated rings. The number of alkyl halides is 3. The lowest BCUT2D eigenvalue weighted by Gasteiger charge is -2.36. The average molecular weight is 467 g/mol. The van der Waals surface area contributed by atoms with Gasteiger partial charge < -0.3 is 19.7 Å². The van der Waals surface area contributed by atoms with Crippen LogP contribution in [0.4, 0.5) is 19.0 Å². The number of piperidine rings is 1. The molecule has 2 aromatic rings. The van der Waals surface area contributed by atoms with E-state index in [0.717, 1.165) is 17.5 Å². The van der Waals surface area contributed by atoms with E-state index >= 15 is 0 Å². The molecule has 1 aromatic heterocycles. The smallest absolute Gasteiger partial charge is 0.410 e. The highest BCUT2D eigenvalue weighted by atomic mass is 19.4. The average Bonchev–Trinajstić information content (AvgIpc) is 3.21. The van der Waals surface area contributed by atoms with Gasteiger partial charge in [0.25, 0.3) is 5.91 Å². The Balaban J connectivity index is 1.66. The van der Waals surface area contributed by atoms with Crippen LogP contribution in [0, 0.1) is 5.92 Å². The van der Waals surface area contributed by atoms with E-state index in [2.05, 4.69) is 17.3 Å². The van der Waals surface area contributed by atoms with Crippen molar-refractivity contribution in [3.8, 4) is 11.5 Å². The minimum atomic E-state index is -4.52. The molecule has 0 bridgehead atoms. The number of rotatable bonds is 4. The minimum absolute atomic E-state index is 0.0193. The number of likely N-dealkylation sites (tertiary alicyclic amines) is 1. The molecular formula is C23H29F3N4O3. The zero-order valence-electron chi connectivity index (χ0n) is 19.1.